The van der Waals surface area contributed by atoms with Crippen LogP contribution in [0.5, 0.6) is 0 Å². The summed E-state index contributed by atoms with van der Waals surface area (Å²) in [6.45, 7) is 1.54. The number of carbonyl (C=O) groups is 2. The van der Waals surface area contributed by atoms with Crippen molar-refractivity contribution in [1.82, 2.24) is 15.0 Å². The standard InChI is InChI=1S/C12H11FN4O3/c1-7(17-6-10(12(19)20)15-16-17)11(18)14-9-4-2-8(13)3-5-9/h2-7H,1H3,(H,14,18)(H,19,20). The molecule has 0 fully saturated rings. The molecule has 0 aliphatic heterocycles. The Morgan fingerprint density at radius 2 is 2.00 bits per heavy atom. The van der Waals surface area contributed by atoms with Gasteiger partial charge in [-0.15, -0.1) is 5.10 Å². The molecular formula is C12H11FN4O3. The van der Waals surface area contributed by atoms with E-state index >= 15 is 0 Å². The van der Waals surface area contributed by atoms with Crippen LogP contribution in [0.3, 0.4) is 0 Å². The van der Waals surface area contributed by atoms with Crippen LogP contribution in [0.2, 0.25) is 0 Å². The molecule has 1 aromatic carbocycles. The van der Waals surface area contributed by atoms with E-state index in [2.05, 4.69) is 15.6 Å². The molecule has 0 aliphatic carbocycles. The first-order valence-corrected chi connectivity index (χ1v) is 5.69. The van der Waals surface area contributed by atoms with E-state index in [0.717, 1.165) is 10.9 Å². The van der Waals surface area contributed by atoms with E-state index < -0.39 is 23.7 Å². The van der Waals surface area contributed by atoms with Crippen molar-refractivity contribution in [3.05, 3.63) is 42.0 Å². The number of rotatable bonds is 4. The SMILES string of the molecule is CC(C(=O)Nc1ccc(F)cc1)n1cc(C(=O)O)nn1. The molecule has 1 atom stereocenters. The van der Waals surface area contributed by atoms with E-state index in [1.807, 2.05) is 0 Å². The zero-order chi connectivity index (χ0) is 14.7. The zero-order valence-corrected chi connectivity index (χ0v) is 10.4. The Morgan fingerprint density at radius 3 is 2.55 bits per heavy atom. The number of anilines is 1. The first-order valence-electron chi connectivity index (χ1n) is 5.69. The molecule has 1 unspecified atom stereocenters. The van der Waals surface area contributed by atoms with Crippen LogP contribution in [0.4, 0.5) is 10.1 Å². The molecule has 0 aliphatic rings. The van der Waals surface area contributed by atoms with Gasteiger partial charge < -0.3 is 10.4 Å². The zero-order valence-electron chi connectivity index (χ0n) is 10.4. The average Bonchev–Trinajstić information content (AvgIpc) is 2.90. The fourth-order valence-electron chi connectivity index (χ4n) is 1.46. The van der Waals surface area contributed by atoms with Crippen molar-refractivity contribution in [2.24, 2.45) is 0 Å². The van der Waals surface area contributed by atoms with Gasteiger partial charge in [0, 0.05) is 5.69 Å². The Balaban J connectivity index is 2.07. The summed E-state index contributed by atoms with van der Waals surface area (Å²) >= 11 is 0. The monoisotopic (exact) mass is 278 g/mol. The van der Waals surface area contributed by atoms with E-state index in [4.69, 9.17) is 5.11 Å². The van der Waals surface area contributed by atoms with E-state index in [-0.39, 0.29) is 5.69 Å². The summed E-state index contributed by atoms with van der Waals surface area (Å²) in [5, 5.41) is 18.3. The predicted molar refractivity (Wildman–Crippen MR) is 66.7 cm³/mol. The van der Waals surface area contributed by atoms with Crippen molar-refractivity contribution >= 4 is 17.6 Å². The van der Waals surface area contributed by atoms with Crippen molar-refractivity contribution in [3.63, 3.8) is 0 Å². The normalized spacial score (nSPS) is 11.9. The molecule has 0 radical (unpaired) electrons. The minimum atomic E-state index is -1.22. The first-order chi connectivity index (χ1) is 9.47. The second kappa shape index (κ2) is 5.47. The summed E-state index contributed by atoms with van der Waals surface area (Å²) in [5.41, 5.74) is 0.188. The molecule has 2 aromatic rings. The summed E-state index contributed by atoms with van der Waals surface area (Å²) in [5.74, 6) is -2.04. The molecule has 20 heavy (non-hydrogen) atoms. The van der Waals surface area contributed by atoms with Gasteiger partial charge in [-0.05, 0) is 31.2 Å². The number of aromatic carboxylic acids is 1. The summed E-state index contributed by atoms with van der Waals surface area (Å²) in [6.07, 6.45) is 1.16. The largest absolute Gasteiger partial charge is 0.476 e. The highest BCUT2D eigenvalue weighted by molar-refractivity contribution is 5.93. The Morgan fingerprint density at radius 1 is 1.35 bits per heavy atom. The van der Waals surface area contributed by atoms with E-state index in [1.54, 1.807) is 6.92 Å². The van der Waals surface area contributed by atoms with Gasteiger partial charge in [-0.2, -0.15) is 0 Å². The van der Waals surface area contributed by atoms with E-state index in [1.165, 1.54) is 24.3 Å². The van der Waals surface area contributed by atoms with Crippen LogP contribution in [0, 0.1) is 5.82 Å². The van der Waals surface area contributed by atoms with Crippen molar-refractivity contribution in [1.29, 1.82) is 0 Å². The highest BCUT2D eigenvalue weighted by Gasteiger charge is 2.18. The van der Waals surface area contributed by atoms with Crippen LogP contribution in [-0.2, 0) is 4.79 Å². The highest BCUT2D eigenvalue weighted by Crippen LogP contribution is 2.12. The second-order valence-corrected chi connectivity index (χ2v) is 4.06. The molecule has 0 saturated heterocycles. The number of aromatic nitrogens is 3. The molecule has 8 heteroatoms. The minimum absolute atomic E-state index is 0.244. The summed E-state index contributed by atoms with van der Waals surface area (Å²) in [6, 6.07) is 4.53. The first kappa shape index (κ1) is 13.7. The maximum atomic E-state index is 12.7. The number of hydrogen-bond donors (Lipinski definition) is 2. The molecule has 1 heterocycles. The molecule has 104 valence electrons. The maximum Gasteiger partial charge on any atom is 0.358 e. The van der Waals surface area contributed by atoms with Gasteiger partial charge in [-0.3, -0.25) is 4.79 Å². The van der Waals surface area contributed by atoms with Crippen LogP contribution >= 0.6 is 0 Å². The van der Waals surface area contributed by atoms with Crippen LogP contribution in [0.1, 0.15) is 23.5 Å². The van der Waals surface area contributed by atoms with Gasteiger partial charge in [-0.1, -0.05) is 5.21 Å². The molecule has 1 amide bonds. The van der Waals surface area contributed by atoms with Crippen molar-refractivity contribution in [3.8, 4) is 0 Å². The van der Waals surface area contributed by atoms with E-state index in [0.29, 0.717) is 5.69 Å². The minimum Gasteiger partial charge on any atom is -0.476 e. The van der Waals surface area contributed by atoms with Crippen LogP contribution < -0.4 is 5.32 Å². The maximum absolute atomic E-state index is 12.7. The summed E-state index contributed by atoms with van der Waals surface area (Å²) < 4.78 is 13.9. The lowest BCUT2D eigenvalue weighted by atomic mass is 10.2. The van der Waals surface area contributed by atoms with Gasteiger partial charge in [0.05, 0.1) is 6.20 Å². The van der Waals surface area contributed by atoms with Gasteiger partial charge >= 0.3 is 5.97 Å². The summed E-state index contributed by atoms with van der Waals surface area (Å²) in [7, 11) is 0. The number of nitrogens with one attached hydrogen (secondary N) is 1. The second-order valence-electron chi connectivity index (χ2n) is 4.06. The third kappa shape index (κ3) is 2.97. The Hall–Kier alpha value is -2.77. The van der Waals surface area contributed by atoms with E-state index in [9.17, 15) is 14.0 Å². The Bertz CT molecular complexity index is 638. The Labute approximate surface area is 113 Å². The molecule has 7 nitrogen and oxygen atoms in total. The molecule has 2 rings (SSSR count). The molecule has 0 saturated carbocycles. The van der Waals surface area contributed by atoms with Gasteiger partial charge in [0.15, 0.2) is 5.69 Å². The van der Waals surface area contributed by atoms with Crippen molar-refractivity contribution in [2.45, 2.75) is 13.0 Å². The lowest BCUT2D eigenvalue weighted by molar-refractivity contribution is -0.119. The topological polar surface area (TPSA) is 97.1 Å². The number of hydrogen-bond acceptors (Lipinski definition) is 4. The molecule has 1 aromatic heterocycles. The fourth-order valence-corrected chi connectivity index (χ4v) is 1.46. The van der Waals surface area contributed by atoms with Crippen LogP contribution in [0.25, 0.3) is 0 Å². The number of carbonyl (C=O) groups excluding carboxylic acids is 1. The molecular weight excluding hydrogens is 267 g/mol. The lowest BCUT2D eigenvalue weighted by Gasteiger charge is -2.11. The third-order valence-electron chi connectivity index (χ3n) is 2.62. The average molecular weight is 278 g/mol. The molecule has 0 bridgehead atoms. The predicted octanol–water partition coefficient (Wildman–Crippen LogP) is 1.32. The number of carboxylic acid groups (broad SMARTS) is 1. The van der Waals surface area contributed by atoms with Gasteiger partial charge in [0.2, 0.25) is 5.91 Å². The quantitative estimate of drug-likeness (QED) is 0.879. The van der Waals surface area contributed by atoms with Gasteiger partial charge in [0.1, 0.15) is 11.9 Å². The summed E-state index contributed by atoms with van der Waals surface area (Å²) in [4.78, 5) is 22.6. The number of carboxylic acids is 1. The van der Waals surface area contributed by atoms with Gasteiger partial charge in [-0.25, -0.2) is 13.9 Å². The molecule has 0 spiro atoms. The van der Waals surface area contributed by atoms with Crippen LogP contribution in [0.15, 0.2) is 30.5 Å². The van der Waals surface area contributed by atoms with Crippen LogP contribution in [-0.4, -0.2) is 32.0 Å². The number of benzene rings is 1. The third-order valence-corrected chi connectivity index (χ3v) is 2.62. The number of amides is 1. The highest BCUT2D eigenvalue weighted by atomic mass is 19.1. The number of halogens is 1. The fraction of sp³-hybridized carbons (Fsp3) is 0.167. The van der Waals surface area contributed by atoms with Crippen molar-refractivity contribution < 1.29 is 19.1 Å². The Kier molecular flexibility index (Phi) is 3.74. The van der Waals surface area contributed by atoms with Crippen molar-refractivity contribution in [2.75, 3.05) is 5.32 Å². The number of nitrogens with zero attached hydrogens (tertiary/aromatic N) is 3. The smallest absolute Gasteiger partial charge is 0.358 e. The molecule has 2 N–H and O–H groups in total. The van der Waals surface area contributed by atoms with Gasteiger partial charge in [0.25, 0.3) is 0 Å². The lowest BCUT2D eigenvalue weighted by Crippen LogP contribution is -2.24.